The highest BCUT2D eigenvalue weighted by Crippen LogP contribution is 2.27. The number of nitrogens with zero attached hydrogens (tertiary/aromatic N) is 1. The maximum absolute atomic E-state index is 14.2. The number of rotatable bonds is 4. The third-order valence-electron chi connectivity index (χ3n) is 2.65. The predicted octanol–water partition coefficient (Wildman–Crippen LogP) is 3.98. The first-order chi connectivity index (χ1) is 9.61. The van der Waals surface area contributed by atoms with Crippen molar-refractivity contribution in [1.82, 2.24) is 0 Å². The smallest absolute Gasteiger partial charge is 0.173 e. The van der Waals surface area contributed by atoms with Gasteiger partial charge in [0, 0.05) is 15.1 Å². The topological polar surface area (TPSA) is 58.6 Å². The lowest BCUT2D eigenvalue weighted by molar-refractivity contribution is 0.318. The lowest BCUT2D eigenvalue weighted by Gasteiger charge is -2.07. The van der Waals surface area contributed by atoms with Gasteiger partial charge in [-0.2, -0.15) is 0 Å². The molecule has 0 aromatic heterocycles. The summed E-state index contributed by atoms with van der Waals surface area (Å²) in [6, 6.07) is 12.6. The molecule has 0 heterocycles. The average Bonchev–Trinajstić information content (AvgIpc) is 2.45. The minimum Gasteiger partial charge on any atom is -0.409 e. The molecule has 0 unspecified atom stereocenters. The van der Waals surface area contributed by atoms with E-state index in [2.05, 4.69) is 21.1 Å². The fourth-order valence-electron chi connectivity index (χ4n) is 1.66. The standard InChI is InChI=1S/C14H12BrFN2OS/c15-10-4-2-5-11(7-10)20-8-9-3-1-6-12(13(9)16)14(17)18-19/h1-7,19H,8H2,(H2,17,18). The van der Waals surface area contributed by atoms with Gasteiger partial charge in [0.15, 0.2) is 5.84 Å². The monoisotopic (exact) mass is 354 g/mol. The van der Waals surface area contributed by atoms with E-state index in [-0.39, 0.29) is 11.4 Å². The fourth-order valence-corrected chi connectivity index (χ4v) is 3.14. The number of halogens is 2. The molecule has 0 radical (unpaired) electrons. The molecule has 2 aromatic carbocycles. The Kier molecular flexibility index (Phi) is 5.03. The van der Waals surface area contributed by atoms with E-state index in [4.69, 9.17) is 10.9 Å². The second-order valence-electron chi connectivity index (χ2n) is 4.01. The van der Waals surface area contributed by atoms with E-state index in [9.17, 15) is 4.39 Å². The van der Waals surface area contributed by atoms with Crippen LogP contribution in [0.3, 0.4) is 0 Å². The molecule has 0 fully saturated rings. The molecule has 0 amide bonds. The Morgan fingerprint density at radius 1 is 1.30 bits per heavy atom. The summed E-state index contributed by atoms with van der Waals surface area (Å²) in [6.07, 6.45) is 0. The highest BCUT2D eigenvalue weighted by atomic mass is 79.9. The Balaban J connectivity index is 2.18. The zero-order chi connectivity index (χ0) is 14.5. The summed E-state index contributed by atoms with van der Waals surface area (Å²) in [7, 11) is 0. The maximum atomic E-state index is 14.2. The van der Waals surface area contributed by atoms with Gasteiger partial charge in [-0.3, -0.25) is 0 Å². The van der Waals surface area contributed by atoms with Gasteiger partial charge in [-0.1, -0.05) is 39.3 Å². The Morgan fingerprint density at radius 3 is 2.75 bits per heavy atom. The first-order valence-corrected chi connectivity index (χ1v) is 7.53. The number of nitrogens with two attached hydrogens (primary N) is 1. The van der Waals surface area contributed by atoms with Gasteiger partial charge in [0.25, 0.3) is 0 Å². The van der Waals surface area contributed by atoms with Crippen LogP contribution in [0, 0.1) is 5.82 Å². The third-order valence-corrected chi connectivity index (χ3v) is 4.19. The SMILES string of the molecule is N/C(=N/O)c1cccc(CSc2cccc(Br)c2)c1F. The van der Waals surface area contributed by atoms with Crippen LogP contribution in [0.5, 0.6) is 0 Å². The summed E-state index contributed by atoms with van der Waals surface area (Å²) < 4.78 is 15.2. The maximum Gasteiger partial charge on any atom is 0.173 e. The molecule has 0 atom stereocenters. The molecule has 0 saturated carbocycles. The number of amidine groups is 1. The normalized spacial score (nSPS) is 11.6. The largest absolute Gasteiger partial charge is 0.409 e. The van der Waals surface area contributed by atoms with Gasteiger partial charge in [-0.05, 0) is 29.8 Å². The number of oxime groups is 1. The van der Waals surface area contributed by atoms with Crippen molar-refractivity contribution in [1.29, 1.82) is 0 Å². The number of benzene rings is 2. The van der Waals surface area contributed by atoms with Gasteiger partial charge >= 0.3 is 0 Å². The first kappa shape index (κ1) is 14.9. The Hall–Kier alpha value is -1.53. The van der Waals surface area contributed by atoms with Crippen LogP contribution >= 0.6 is 27.7 Å². The van der Waals surface area contributed by atoms with Gasteiger partial charge in [0.1, 0.15) is 5.82 Å². The van der Waals surface area contributed by atoms with E-state index in [1.807, 2.05) is 24.3 Å². The summed E-state index contributed by atoms with van der Waals surface area (Å²) in [5.41, 5.74) is 6.06. The summed E-state index contributed by atoms with van der Waals surface area (Å²) in [6.45, 7) is 0. The molecule has 6 heteroatoms. The predicted molar refractivity (Wildman–Crippen MR) is 82.6 cm³/mol. The van der Waals surface area contributed by atoms with Gasteiger partial charge in [-0.15, -0.1) is 11.8 Å². The van der Waals surface area contributed by atoms with E-state index in [1.54, 1.807) is 12.1 Å². The molecule has 0 aliphatic heterocycles. The number of thioether (sulfide) groups is 1. The van der Waals surface area contributed by atoms with Crippen molar-refractivity contribution in [2.24, 2.45) is 10.9 Å². The third kappa shape index (κ3) is 3.52. The van der Waals surface area contributed by atoms with Gasteiger partial charge in [0.2, 0.25) is 0 Å². The molecule has 104 valence electrons. The van der Waals surface area contributed by atoms with E-state index in [0.717, 1.165) is 9.37 Å². The van der Waals surface area contributed by atoms with E-state index < -0.39 is 5.82 Å². The van der Waals surface area contributed by atoms with Gasteiger partial charge in [0.05, 0.1) is 5.56 Å². The van der Waals surface area contributed by atoms with Crippen LogP contribution in [0.25, 0.3) is 0 Å². The zero-order valence-electron chi connectivity index (χ0n) is 10.4. The molecule has 3 N–H and O–H groups in total. The van der Waals surface area contributed by atoms with Crippen LogP contribution in [0.1, 0.15) is 11.1 Å². The zero-order valence-corrected chi connectivity index (χ0v) is 12.8. The highest BCUT2D eigenvalue weighted by Gasteiger charge is 2.11. The molecule has 2 rings (SSSR count). The molecular weight excluding hydrogens is 343 g/mol. The van der Waals surface area contributed by atoms with Crippen molar-refractivity contribution in [2.45, 2.75) is 10.6 Å². The Morgan fingerprint density at radius 2 is 2.05 bits per heavy atom. The molecule has 3 nitrogen and oxygen atoms in total. The molecule has 0 aliphatic rings. The molecule has 20 heavy (non-hydrogen) atoms. The fraction of sp³-hybridized carbons (Fsp3) is 0.0714. The molecule has 0 bridgehead atoms. The van der Waals surface area contributed by atoms with E-state index in [1.165, 1.54) is 17.8 Å². The lowest BCUT2D eigenvalue weighted by atomic mass is 10.1. The number of hydrogen-bond acceptors (Lipinski definition) is 3. The lowest BCUT2D eigenvalue weighted by Crippen LogP contribution is -2.15. The average molecular weight is 355 g/mol. The van der Waals surface area contributed by atoms with Gasteiger partial charge < -0.3 is 10.9 Å². The van der Waals surface area contributed by atoms with Crippen LogP contribution in [0.4, 0.5) is 4.39 Å². The second-order valence-corrected chi connectivity index (χ2v) is 5.97. The van der Waals surface area contributed by atoms with E-state index in [0.29, 0.717) is 11.3 Å². The van der Waals surface area contributed by atoms with Crippen LogP contribution in [0.15, 0.2) is 57.0 Å². The molecule has 0 saturated heterocycles. The minimum absolute atomic E-state index is 0.111. The summed E-state index contributed by atoms with van der Waals surface area (Å²) in [4.78, 5) is 1.04. The quantitative estimate of drug-likeness (QED) is 0.287. The van der Waals surface area contributed by atoms with Crippen molar-refractivity contribution < 1.29 is 9.60 Å². The van der Waals surface area contributed by atoms with Crippen molar-refractivity contribution in [3.05, 3.63) is 63.9 Å². The van der Waals surface area contributed by atoms with Crippen molar-refractivity contribution >= 4 is 33.5 Å². The Labute approximate surface area is 128 Å². The van der Waals surface area contributed by atoms with Crippen LogP contribution in [0.2, 0.25) is 0 Å². The van der Waals surface area contributed by atoms with Crippen molar-refractivity contribution in [3.63, 3.8) is 0 Å². The Bertz CT molecular complexity index is 649. The summed E-state index contributed by atoms with van der Waals surface area (Å²) >= 11 is 4.91. The van der Waals surface area contributed by atoms with Crippen molar-refractivity contribution in [3.8, 4) is 0 Å². The molecule has 0 spiro atoms. The van der Waals surface area contributed by atoms with Crippen LogP contribution in [-0.2, 0) is 5.75 Å². The van der Waals surface area contributed by atoms with Crippen molar-refractivity contribution in [2.75, 3.05) is 0 Å². The van der Waals surface area contributed by atoms with E-state index >= 15 is 0 Å². The molecule has 2 aromatic rings. The molecule has 0 aliphatic carbocycles. The van der Waals surface area contributed by atoms with Gasteiger partial charge in [-0.25, -0.2) is 4.39 Å². The first-order valence-electron chi connectivity index (χ1n) is 5.75. The second kappa shape index (κ2) is 6.76. The summed E-state index contributed by atoms with van der Waals surface area (Å²) in [5, 5.41) is 11.5. The number of hydrogen-bond donors (Lipinski definition) is 2. The minimum atomic E-state index is -0.453. The van der Waals surface area contributed by atoms with Crippen LogP contribution in [-0.4, -0.2) is 11.0 Å². The van der Waals surface area contributed by atoms with Crippen LogP contribution < -0.4 is 5.73 Å². The molecular formula is C14H12BrFN2OS. The highest BCUT2D eigenvalue weighted by molar-refractivity contribution is 9.10. The summed E-state index contributed by atoms with van der Waals surface area (Å²) in [5.74, 6) is -0.212.